The van der Waals surface area contributed by atoms with Crippen molar-refractivity contribution in [2.75, 3.05) is 55.6 Å². The number of amides is 5. The van der Waals surface area contributed by atoms with Gasteiger partial charge in [-0.05, 0) is 80.3 Å². The number of nitriles is 1. The molecule has 3 aromatic rings. The number of hydrogen-bond acceptors (Lipinski definition) is 12. The highest BCUT2D eigenvalue weighted by Crippen LogP contribution is 2.38. The minimum absolute atomic E-state index is 0.00645. The fraction of sp³-hybridized carbons (Fsp3) is 0.463. The van der Waals surface area contributed by atoms with Gasteiger partial charge in [0, 0.05) is 70.3 Å². The predicted molar refractivity (Wildman–Crippen MR) is 207 cm³/mol. The molecule has 17 heteroatoms. The highest BCUT2D eigenvalue weighted by Gasteiger charge is 2.46. The summed E-state index contributed by atoms with van der Waals surface area (Å²) in [6.07, 6.45) is 3.16. The number of rotatable bonds is 9. The maximum atomic E-state index is 15.3. The van der Waals surface area contributed by atoms with Crippen LogP contribution < -0.4 is 25.2 Å². The van der Waals surface area contributed by atoms with Crippen LogP contribution >= 0.6 is 11.6 Å². The molecule has 1 aromatic heterocycles. The van der Waals surface area contributed by atoms with Crippen LogP contribution in [0.25, 0.3) is 0 Å². The maximum Gasteiger partial charge on any atom is 0.272 e. The summed E-state index contributed by atoms with van der Waals surface area (Å²) in [5.41, 5.74) is 0.959. The second-order valence-electron chi connectivity index (χ2n) is 16.3. The zero-order chi connectivity index (χ0) is 40.2. The van der Waals surface area contributed by atoms with E-state index in [9.17, 15) is 24.0 Å². The molecule has 2 aromatic carbocycles. The molecule has 5 aliphatic heterocycles. The van der Waals surface area contributed by atoms with Crippen LogP contribution in [-0.4, -0.2) is 114 Å². The average Bonchev–Trinajstić information content (AvgIpc) is 3.84. The van der Waals surface area contributed by atoms with E-state index < -0.39 is 35.5 Å². The van der Waals surface area contributed by atoms with Crippen LogP contribution in [-0.2, 0) is 9.59 Å². The molecule has 9 rings (SSSR count). The molecule has 1 aliphatic carbocycles. The summed E-state index contributed by atoms with van der Waals surface area (Å²) in [6.45, 7) is 5.70. The van der Waals surface area contributed by atoms with E-state index in [1.54, 1.807) is 24.3 Å². The lowest BCUT2D eigenvalue weighted by atomic mass is 9.93. The Morgan fingerprint density at radius 2 is 1.62 bits per heavy atom. The number of likely N-dealkylation sites (tertiary alicyclic amines) is 1. The molecule has 6 aliphatic rings. The zero-order valence-corrected chi connectivity index (χ0v) is 32.3. The number of nitrogens with one attached hydrogen (secondary N) is 2. The fourth-order valence-electron chi connectivity index (χ4n) is 9.45. The van der Waals surface area contributed by atoms with Gasteiger partial charge < -0.3 is 24.8 Å². The van der Waals surface area contributed by atoms with Crippen molar-refractivity contribution in [1.29, 1.82) is 5.26 Å². The van der Waals surface area contributed by atoms with E-state index in [1.165, 1.54) is 6.07 Å². The summed E-state index contributed by atoms with van der Waals surface area (Å²) in [6, 6.07) is 12.1. The molecular weight excluding hydrogens is 769 g/mol. The Bertz CT molecular complexity index is 2230. The second-order valence-corrected chi connectivity index (χ2v) is 16.7. The van der Waals surface area contributed by atoms with Crippen LogP contribution in [0.4, 0.5) is 15.9 Å². The van der Waals surface area contributed by atoms with Crippen LogP contribution in [0.1, 0.15) is 75.3 Å². The Balaban J connectivity index is 0.712. The Morgan fingerprint density at radius 3 is 2.28 bits per heavy atom. The quantitative estimate of drug-likeness (QED) is 0.302. The molecule has 0 spiro atoms. The van der Waals surface area contributed by atoms with Crippen molar-refractivity contribution in [1.82, 2.24) is 30.6 Å². The normalized spacial score (nSPS) is 25.9. The van der Waals surface area contributed by atoms with Crippen LogP contribution in [0.15, 0.2) is 42.5 Å². The first-order chi connectivity index (χ1) is 28.0. The van der Waals surface area contributed by atoms with Crippen molar-refractivity contribution in [3.8, 4) is 11.8 Å². The molecule has 6 heterocycles. The third kappa shape index (κ3) is 7.21. The topological polar surface area (TPSA) is 181 Å². The smallest absolute Gasteiger partial charge is 0.272 e. The van der Waals surface area contributed by atoms with Gasteiger partial charge in [-0.15, -0.1) is 10.2 Å². The number of carbonyl (C=O) groups is 5. The number of hydrogen-bond donors (Lipinski definition) is 2. The zero-order valence-electron chi connectivity index (χ0n) is 31.5. The molecule has 4 saturated heterocycles. The maximum absolute atomic E-state index is 15.3. The highest BCUT2D eigenvalue weighted by atomic mass is 35.5. The molecule has 2 N–H and O–H groups in total. The minimum Gasteiger partial charge on any atom is -0.490 e. The number of fused-ring (bicyclic) bond motifs is 2. The summed E-state index contributed by atoms with van der Waals surface area (Å²) in [7, 11) is 0. The molecule has 58 heavy (non-hydrogen) atoms. The monoisotopic (exact) mass is 809 g/mol. The van der Waals surface area contributed by atoms with Crippen LogP contribution in [0.5, 0.6) is 5.75 Å². The minimum atomic E-state index is -1.10. The van der Waals surface area contributed by atoms with E-state index in [0.717, 1.165) is 75.2 Å². The van der Waals surface area contributed by atoms with Gasteiger partial charge in [0.15, 0.2) is 11.5 Å². The molecule has 5 amide bonds. The molecule has 0 radical (unpaired) electrons. The van der Waals surface area contributed by atoms with Gasteiger partial charge in [0.1, 0.15) is 23.7 Å². The third-order valence-electron chi connectivity index (χ3n) is 12.5. The molecule has 5 fully saturated rings. The lowest BCUT2D eigenvalue weighted by molar-refractivity contribution is -0.136. The second kappa shape index (κ2) is 15.3. The van der Waals surface area contributed by atoms with Gasteiger partial charge >= 0.3 is 0 Å². The highest BCUT2D eigenvalue weighted by molar-refractivity contribution is 6.31. The molecule has 3 atom stereocenters. The summed E-state index contributed by atoms with van der Waals surface area (Å²) in [5.74, 6) is -0.717. The lowest BCUT2D eigenvalue weighted by Crippen LogP contribution is -2.54. The summed E-state index contributed by atoms with van der Waals surface area (Å²) < 4.78 is 21.4. The summed E-state index contributed by atoms with van der Waals surface area (Å²) in [4.78, 5) is 70.8. The Hall–Kier alpha value is -5.66. The van der Waals surface area contributed by atoms with E-state index in [4.69, 9.17) is 21.6 Å². The van der Waals surface area contributed by atoms with Gasteiger partial charge in [-0.2, -0.15) is 5.26 Å². The first-order valence-corrected chi connectivity index (χ1v) is 20.2. The number of nitrogens with zero attached hydrogens (tertiary/aromatic N) is 7. The number of piperidine rings is 1. The van der Waals surface area contributed by atoms with Crippen molar-refractivity contribution in [3.63, 3.8) is 0 Å². The molecule has 3 unspecified atom stereocenters. The fourth-order valence-corrected chi connectivity index (χ4v) is 9.66. The summed E-state index contributed by atoms with van der Waals surface area (Å²) >= 11 is 6.14. The number of anilines is 2. The van der Waals surface area contributed by atoms with Crippen molar-refractivity contribution < 1.29 is 33.1 Å². The lowest BCUT2D eigenvalue weighted by Gasteiger charge is -2.43. The number of aromatic nitrogens is 2. The number of ether oxygens (including phenoxy) is 1. The van der Waals surface area contributed by atoms with Gasteiger partial charge in [0.2, 0.25) is 11.8 Å². The van der Waals surface area contributed by atoms with Crippen molar-refractivity contribution in [2.24, 2.45) is 17.8 Å². The van der Waals surface area contributed by atoms with Gasteiger partial charge in [-0.25, -0.2) is 4.39 Å². The summed E-state index contributed by atoms with van der Waals surface area (Å²) in [5, 5.41) is 23.4. The first kappa shape index (κ1) is 37.9. The predicted octanol–water partition coefficient (Wildman–Crippen LogP) is 3.17. The number of carbonyl (C=O) groups excluding carboxylic acids is 5. The van der Waals surface area contributed by atoms with Gasteiger partial charge in [0.25, 0.3) is 17.7 Å². The van der Waals surface area contributed by atoms with Crippen LogP contribution in [0.3, 0.4) is 0 Å². The number of benzene rings is 2. The van der Waals surface area contributed by atoms with Gasteiger partial charge in [0.05, 0.1) is 33.5 Å². The van der Waals surface area contributed by atoms with Crippen LogP contribution in [0, 0.1) is 34.9 Å². The van der Waals surface area contributed by atoms with Crippen molar-refractivity contribution in [3.05, 3.63) is 75.7 Å². The Kier molecular flexibility index (Phi) is 9.97. The van der Waals surface area contributed by atoms with Gasteiger partial charge in [-0.1, -0.05) is 11.6 Å². The average molecular weight is 810 g/mol. The van der Waals surface area contributed by atoms with Gasteiger partial charge in [-0.3, -0.25) is 34.2 Å². The van der Waals surface area contributed by atoms with E-state index in [-0.39, 0.29) is 53.4 Å². The van der Waals surface area contributed by atoms with Crippen LogP contribution in [0.2, 0.25) is 5.02 Å². The largest absolute Gasteiger partial charge is 0.490 e. The Morgan fingerprint density at radius 1 is 0.897 bits per heavy atom. The molecule has 300 valence electrons. The van der Waals surface area contributed by atoms with E-state index in [1.807, 2.05) is 17.0 Å². The number of halogens is 2. The van der Waals surface area contributed by atoms with Crippen molar-refractivity contribution >= 4 is 52.6 Å². The molecule has 15 nitrogen and oxygen atoms in total. The molecule has 1 saturated carbocycles. The van der Waals surface area contributed by atoms with E-state index in [0.29, 0.717) is 47.2 Å². The first-order valence-electron chi connectivity index (χ1n) is 19.8. The molecular formula is C41H41ClFN9O6. The van der Waals surface area contributed by atoms with Crippen molar-refractivity contribution in [2.45, 2.75) is 56.7 Å². The Labute approximate surface area is 338 Å². The number of imide groups is 2. The standard InChI is InChI=1S/C41H41ClFN9O6/c42-31-11-28(4-1-23(31)14-44)58-27-5-2-26(3-6-27)45-38(54)33-7-9-36(48-47-33)51-20-24-18-49(19-25(24)21-51)15-22-16-50(17-22)35-13-30-29(12-32(35)43)40(56)52(41(30)57)34-8-10-37(53)46-39(34)55/h1,4,7,9,11-13,22,24-27,34H,2-3,5-6,8,10,15-21H2,(H,45,54)(H,46,53,55). The van der Waals surface area contributed by atoms with E-state index >= 15 is 4.39 Å². The third-order valence-corrected chi connectivity index (χ3v) is 12.8. The van der Waals surface area contributed by atoms with E-state index in [2.05, 4.69) is 30.6 Å². The SMILES string of the molecule is N#Cc1ccc(OC2CCC(NC(=O)c3ccc(N4CC5CN(CC6CN(c7cc8c(cc7F)C(=O)N(C7CCC(=O)NC7=O)C8=O)C6)CC5C4)nn3)CC2)cc1Cl. The molecule has 0 bridgehead atoms.